The highest BCUT2D eigenvalue weighted by Gasteiger charge is 2.23. The molecule has 132 valence electrons. The molecule has 0 saturated heterocycles. The van der Waals surface area contributed by atoms with Crippen molar-refractivity contribution in [3.05, 3.63) is 17.0 Å². The van der Waals surface area contributed by atoms with Crippen LogP contribution in [0.4, 0.5) is 0 Å². The molecule has 0 aliphatic heterocycles. The summed E-state index contributed by atoms with van der Waals surface area (Å²) in [6.45, 7) is 0.869. The first-order valence-corrected chi connectivity index (χ1v) is 9.26. The lowest BCUT2D eigenvalue weighted by Gasteiger charge is -2.10. The molecule has 0 bridgehead atoms. The molecule has 1 heterocycles. The zero-order chi connectivity index (χ0) is 16.8. The fourth-order valence-corrected chi connectivity index (χ4v) is 3.75. The Morgan fingerprint density at radius 2 is 1.75 bits per heavy atom. The summed E-state index contributed by atoms with van der Waals surface area (Å²) >= 11 is 0. The fraction of sp³-hybridized carbons (Fsp3) is 0.722. The molecule has 0 spiro atoms. The summed E-state index contributed by atoms with van der Waals surface area (Å²) in [4.78, 5) is 24.1. The van der Waals surface area contributed by atoms with E-state index in [1.165, 1.54) is 25.7 Å². The first kappa shape index (κ1) is 17.0. The van der Waals surface area contributed by atoms with Crippen molar-refractivity contribution in [3.8, 4) is 0 Å². The molecule has 6 nitrogen and oxygen atoms in total. The molecule has 0 radical (unpaired) electrons. The minimum Gasteiger partial charge on any atom is -0.360 e. The van der Waals surface area contributed by atoms with E-state index < -0.39 is 0 Å². The van der Waals surface area contributed by atoms with Crippen molar-refractivity contribution in [1.82, 2.24) is 15.8 Å². The summed E-state index contributed by atoms with van der Waals surface area (Å²) < 4.78 is 5.33. The van der Waals surface area contributed by atoms with Crippen LogP contribution >= 0.6 is 0 Å². The van der Waals surface area contributed by atoms with Crippen molar-refractivity contribution in [2.45, 2.75) is 64.2 Å². The Kier molecular flexibility index (Phi) is 5.88. The average Bonchev–Trinajstić information content (AvgIpc) is 3.16. The van der Waals surface area contributed by atoms with Crippen molar-refractivity contribution >= 4 is 11.8 Å². The van der Waals surface area contributed by atoms with E-state index in [9.17, 15) is 9.59 Å². The second kappa shape index (κ2) is 8.31. The van der Waals surface area contributed by atoms with Crippen molar-refractivity contribution < 1.29 is 14.1 Å². The highest BCUT2D eigenvalue weighted by molar-refractivity contribution is 5.93. The number of amides is 2. The van der Waals surface area contributed by atoms with E-state index in [-0.39, 0.29) is 11.8 Å². The third kappa shape index (κ3) is 4.36. The maximum absolute atomic E-state index is 12.3. The number of hydrogen-bond acceptors (Lipinski definition) is 4. The van der Waals surface area contributed by atoms with Crippen LogP contribution < -0.4 is 10.6 Å². The number of rotatable bonds is 6. The zero-order valence-corrected chi connectivity index (χ0v) is 14.2. The van der Waals surface area contributed by atoms with Crippen molar-refractivity contribution in [2.75, 3.05) is 13.1 Å². The standard InChI is InChI=1S/C18H27N3O3/c22-16(12-13-6-4-5-7-13)19-10-11-20-18(23)17-14-8-2-1-3-9-15(14)24-21-17/h13H,1-12H2,(H,19,22)(H,20,23). The molecule has 1 aromatic rings. The van der Waals surface area contributed by atoms with Crippen LogP contribution in [0, 0.1) is 5.92 Å². The van der Waals surface area contributed by atoms with E-state index in [1.54, 1.807) is 0 Å². The van der Waals surface area contributed by atoms with Gasteiger partial charge in [-0.2, -0.15) is 0 Å². The third-order valence-electron chi connectivity index (χ3n) is 5.10. The van der Waals surface area contributed by atoms with Crippen LogP contribution in [0.5, 0.6) is 0 Å². The van der Waals surface area contributed by atoms with Crippen LogP contribution in [0.15, 0.2) is 4.52 Å². The number of carbonyl (C=O) groups excluding carboxylic acids is 2. The minimum atomic E-state index is -0.202. The molecule has 2 N–H and O–H groups in total. The lowest BCUT2D eigenvalue weighted by atomic mass is 10.0. The fourth-order valence-electron chi connectivity index (χ4n) is 3.75. The zero-order valence-electron chi connectivity index (χ0n) is 14.2. The average molecular weight is 333 g/mol. The van der Waals surface area contributed by atoms with E-state index in [2.05, 4.69) is 15.8 Å². The molecule has 1 aromatic heterocycles. The maximum Gasteiger partial charge on any atom is 0.273 e. The summed E-state index contributed by atoms with van der Waals surface area (Å²) in [5.74, 6) is 1.30. The molecule has 0 unspecified atom stereocenters. The highest BCUT2D eigenvalue weighted by Crippen LogP contribution is 2.27. The van der Waals surface area contributed by atoms with Gasteiger partial charge in [0, 0.05) is 31.5 Å². The van der Waals surface area contributed by atoms with E-state index in [1.807, 2.05) is 0 Å². The second-order valence-electron chi connectivity index (χ2n) is 6.95. The van der Waals surface area contributed by atoms with Gasteiger partial charge in [-0.15, -0.1) is 0 Å². The quantitative estimate of drug-likeness (QED) is 0.618. The van der Waals surface area contributed by atoms with Gasteiger partial charge in [0.1, 0.15) is 5.76 Å². The highest BCUT2D eigenvalue weighted by atomic mass is 16.5. The summed E-state index contributed by atoms with van der Waals surface area (Å²) in [6.07, 6.45) is 10.5. The van der Waals surface area contributed by atoms with Gasteiger partial charge in [-0.25, -0.2) is 0 Å². The van der Waals surface area contributed by atoms with Gasteiger partial charge in [-0.3, -0.25) is 9.59 Å². The smallest absolute Gasteiger partial charge is 0.273 e. The monoisotopic (exact) mass is 333 g/mol. The van der Waals surface area contributed by atoms with Crippen molar-refractivity contribution in [3.63, 3.8) is 0 Å². The number of aryl methyl sites for hydroxylation is 1. The molecule has 0 aromatic carbocycles. The van der Waals surface area contributed by atoms with Crippen LogP contribution in [0.25, 0.3) is 0 Å². The van der Waals surface area contributed by atoms with Crippen LogP contribution in [0.2, 0.25) is 0 Å². The van der Waals surface area contributed by atoms with Gasteiger partial charge in [-0.1, -0.05) is 24.4 Å². The number of aromatic nitrogens is 1. The predicted octanol–water partition coefficient (Wildman–Crippen LogP) is 2.37. The number of carbonyl (C=O) groups is 2. The molecule has 3 rings (SSSR count). The number of fused-ring (bicyclic) bond motifs is 1. The van der Waals surface area contributed by atoms with Crippen LogP contribution in [-0.2, 0) is 17.6 Å². The summed E-state index contributed by atoms with van der Waals surface area (Å²) in [6, 6.07) is 0. The molecule has 0 atom stereocenters. The molecular formula is C18H27N3O3. The van der Waals surface area contributed by atoms with E-state index in [0.717, 1.165) is 43.4 Å². The minimum absolute atomic E-state index is 0.0893. The van der Waals surface area contributed by atoms with Gasteiger partial charge in [0.05, 0.1) is 0 Å². The third-order valence-corrected chi connectivity index (χ3v) is 5.10. The van der Waals surface area contributed by atoms with Crippen molar-refractivity contribution in [2.24, 2.45) is 5.92 Å². The molecular weight excluding hydrogens is 306 g/mol. The van der Waals surface area contributed by atoms with Crippen molar-refractivity contribution in [1.29, 1.82) is 0 Å². The van der Waals surface area contributed by atoms with Crippen LogP contribution in [0.1, 0.15) is 73.2 Å². The molecule has 6 heteroatoms. The van der Waals surface area contributed by atoms with E-state index in [4.69, 9.17) is 4.52 Å². The van der Waals surface area contributed by atoms with Gasteiger partial charge in [0.25, 0.3) is 5.91 Å². The van der Waals surface area contributed by atoms with Gasteiger partial charge in [0.15, 0.2) is 5.69 Å². The van der Waals surface area contributed by atoms with E-state index >= 15 is 0 Å². The summed E-state index contributed by atoms with van der Waals surface area (Å²) in [5, 5.41) is 9.66. The number of nitrogens with one attached hydrogen (secondary N) is 2. The molecule has 1 fully saturated rings. The first-order chi connectivity index (χ1) is 11.7. The first-order valence-electron chi connectivity index (χ1n) is 9.26. The lowest BCUT2D eigenvalue weighted by molar-refractivity contribution is -0.121. The number of hydrogen-bond donors (Lipinski definition) is 2. The lowest BCUT2D eigenvalue weighted by Crippen LogP contribution is -2.35. The Morgan fingerprint density at radius 1 is 1.00 bits per heavy atom. The van der Waals surface area contributed by atoms with Crippen LogP contribution in [-0.4, -0.2) is 30.1 Å². The van der Waals surface area contributed by atoms with Crippen LogP contribution in [0.3, 0.4) is 0 Å². The maximum atomic E-state index is 12.3. The van der Waals surface area contributed by atoms with Gasteiger partial charge in [-0.05, 0) is 38.0 Å². The Bertz CT molecular complexity index is 576. The Labute approximate surface area is 142 Å². The molecule has 2 aliphatic carbocycles. The van der Waals surface area contributed by atoms with Gasteiger partial charge < -0.3 is 15.2 Å². The summed E-state index contributed by atoms with van der Waals surface area (Å²) in [5.41, 5.74) is 1.39. The Hall–Kier alpha value is -1.85. The largest absolute Gasteiger partial charge is 0.360 e. The number of nitrogens with zero attached hydrogens (tertiary/aromatic N) is 1. The molecule has 2 aliphatic rings. The normalized spacial score (nSPS) is 18.0. The molecule has 1 saturated carbocycles. The Morgan fingerprint density at radius 3 is 2.58 bits per heavy atom. The predicted molar refractivity (Wildman–Crippen MR) is 89.7 cm³/mol. The summed E-state index contributed by atoms with van der Waals surface area (Å²) in [7, 11) is 0. The topological polar surface area (TPSA) is 84.2 Å². The van der Waals surface area contributed by atoms with E-state index in [0.29, 0.717) is 31.1 Å². The van der Waals surface area contributed by atoms with Gasteiger partial charge >= 0.3 is 0 Å². The Balaban J connectivity index is 1.39. The second-order valence-corrected chi connectivity index (χ2v) is 6.95. The SMILES string of the molecule is O=C(CC1CCCC1)NCCNC(=O)c1noc2c1CCCCC2. The molecule has 2 amide bonds. The van der Waals surface area contributed by atoms with Gasteiger partial charge in [0.2, 0.25) is 5.91 Å². The molecule has 24 heavy (non-hydrogen) atoms.